The molecule has 0 spiro atoms. The van der Waals surface area contributed by atoms with Crippen molar-refractivity contribution in [3.8, 4) is 0 Å². The lowest BCUT2D eigenvalue weighted by Gasteiger charge is -2.34. The van der Waals surface area contributed by atoms with E-state index in [0.29, 0.717) is 5.02 Å². The van der Waals surface area contributed by atoms with Crippen LogP contribution in [0.4, 0.5) is 0 Å². The quantitative estimate of drug-likeness (QED) is 0.690. The van der Waals surface area contributed by atoms with Gasteiger partial charge in [0.25, 0.3) is 0 Å². The van der Waals surface area contributed by atoms with Gasteiger partial charge in [0.2, 0.25) is 0 Å². The van der Waals surface area contributed by atoms with Crippen molar-refractivity contribution < 1.29 is 4.79 Å². The zero-order valence-electron chi connectivity index (χ0n) is 10.3. The molecule has 0 atom stereocenters. The summed E-state index contributed by atoms with van der Waals surface area (Å²) in [4.78, 5) is 12.5. The van der Waals surface area contributed by atoms with Crippen LogP contribution in [0.5, 0.6) is 0 Å². The summed E-state index contributed by atoms with van der Waals surface area (Å²) in [5.41, 5.74) is 3.49. The van der Waals surface area contributed by atoms with Crippen LogP contribution in [0.1, 0.15) is 40.9 Å². The molecule has 90 valence electrons. The lowest BCUT2D eigenvalue weighted by Crippen LogP contribution is -2.30. The molecule has 0 bridgehead atoms. The molecule has 0 fully saturated rings. The molecule has 3 rings (SSSR count). The second kappa shape index (κ2) is 3.69. The number of hydrogen-bond donors (Lipinski definition) is 0. The molecule has 0 saturated heterocycles. The van der Waals surface area contributed by atoms with Gasteiger partial charge in [0.15, 0.2) is 5.78 Å². The highest BCUT2D eigenvalue weighted by atomic mass is 35.5. The third-order valence-electron chi connectivity index (χ3n) is 3.74. The van der Waals surface area contributed by atoms with Crippen LogP contribution in [0.15, 0.2) is 42.5 Å². The molecule has 1 aliphatic rings. The van der Waals surface area contributed by atoms with E-state index in [1.54, 1.807) is 6.07 Å². The molecular formula is C16H13ClO. The summed E-state index contributed by atoms with van der Waals surface area (Å²) in [5.74, 6) is 0.0717. The largest absolute Gasteiger partial charge is 0.289 e. The smallest absolute Gasteiger partial charge is 0.193 e. The fourth-order valence-electron chi connectivity index (χ4n) is 2.77. The van der Waals surface area contributed by atoms with E-state index < -0.39 is 0 Å². The van der Waals surface area contributed by atoms with Gasteiger partial charge in [0.05, 0.1) is 0 Å². The van der Waals surface area contributed by atoms with Crippen molar-refractivity contribution in [1.29, 1.82) is 0 Å². The summed E-state index contributed by atoms with van der Waals surface area (Å²) in [5, 5.41) is 0.609. The van der Waals surface area contributed by atoms with Crippen molar-refractivity contribution in [1.82, 2.24) is 0 Å². The monoisotopic (exact) mass is 256 g/mol. The van der Waals surface area contributed by atoms with Crippen LogP contribution in [0.3, 0.4) is 0 Å². The average molecular weight is 257 g/mol. The molecule has 0 saturated carbocycles. The van der Waals surface area contributed by atoms with Crippen LogP contribution in [-0.2, 0) is 5.41 Å². The maximum absolute atomic E-state index is 12.5. The number of ketones is 1. The topological polar surface area (TPSA) is 17.1 Å². The molecule has 1 aliphatic carbocycles. The van der Waals surface area contributed by atoms with Gasteiger partial charge in [-0.1, -0.05) is 55.8 Å². The summed E-state index contributed by atoms with van der Waals surface area (Å²) in [6, 6.07) is 13.4. The minimum absolute atomic E-state index is 0.0717. The highest BCUT2D eigenvalue weighted by molar-refractivity contribution is 6.31. The first-order chi connectivity index (χ1) is 8.51. The molecule has 18 heavy (non-hydrogen) atoms. The number of hydrogen-bond acceptors (Lipinski definition) is 1. The van der Waals surface area contributed by atoms with Crippen molar-refractivity contribution in [2.75, 3.05) is 0 Å². The Morgan fingerprint density at radius 3 is 2.39 bits per heavy atom. The van der Waals surface area contributed by atoms with E-state index in [9.17, 15) is 4.79 Å². The number of rotatable bonds is 0. The summed E-state index contributed by atoms with van der Waals surface area (Å²) in [6.45, 7) is 4.29. The fourth-order valence-corrected chi connectivity index (χ4v) is 2.94. The van der Waals surface area contributed by atoms with Gasteiger partial charge in [-0.2, -0.15) is 0 Å². The molecule has 0 aliphatic heterocycles. The van der Waals surface area contributed by atoms with E-state index in [1.807, 2.05) is 36.4 Å². The second-order valence-electron chi connectivity index (χ2n) is 5.19. The van der Waals surface area contributed by atoms with E-state index in [1.165, 1.54) is 0 Å². The Morgan fingerprint density at radius 2 is 1.61 bits per heavy atom. The van der Waals surface area contributed by atoms with Gasteiger partial charge in [-0.3, -0.25) is 4.79 Å². The van der Waals surface area contributed by atoms with Gasteiger partial charge in [0, 0.05) is 21.6 Å². The molecule has 0 unspecified atom stereocenters. The van der Waals surface area contributed by atoms with Gasteiger partial charge in [-0.05, 0) is 23.3 Å². The summed E-state index contributed by atoms with van der Waals surface area (Å²) < 4.78 is 0. The first kappa shape index (κ1) is 11.5. The highest BCUT2D eigenvalue weighted by Gasteiger charge is 2.36. The molecule has 0 amide bonds. The van der Waals surface area contributed by atoms with E-state index in [0.717, 1.165) is 22.3 Å². The normalized spacial score (nSPS) is 16.1. The van der Waals surface area contributed by atoms with Crippen LogP contribution >= 0.6 is 11.6 Å². The predicted molar refractivity (Wildman–Crippen MR) is 73.5 cm³/mol. The number of carbonyl (C=O) groups excluding carboxylic acids is 1. The first-order valence-electron chi connectivity index (χ1n) is 5.96. The lowest BCUT2D eigenvalue weighted by molar-refractivity contribution is 0.103. The van der Waals surface area contributed by atoms with Gasteiger partial charge >= 0.3 is 0 Å². The molecule has 2 aromatic carbocycles. The standard InChI is InChI=1S/C16H13ClO/c1-16(2)13-6-4-3-5-11(13)15(18)12-9-10(17)7-8-14(12)16/h3-9H,1-2H3. The molecule has 0 radical (unpaired) electrons. The average Bonchev–Trinajstić information content (AvgIpc) is 2.36. The van der Waals surface area contributed by atoms with Gasteiger partial charge in [-0.15, -0.1) is 0 Å². The Kier molecular flexibility index (Phi) is 2.36. The van der Waals surface area contributed by atoms with Crippen LogP contribution in [0.25, 0.3) is 0 Å². The van der Waals surface area contributed by atoms with Crippen molar-refractivity contribution in [3.63, 3.8) is 0 Å². The third-order valence-corrected chi connectivity index (χ3v) is 3.98. The van der Waals surface area contributed by atoms with E-state index in [2.05, 4.69) is 13.8 Å². The maximum Gasteiger partial charge on any atom is 0.193 e. The maximum atomic E-state index is 12.5. The van der Waals surface area contributed by atoms with E-state index in [4.69, 9.17) is 11.6 Å². The Morgan fingerprint density at radius 1 is 0.944 bits per heavy atom. The van der Waals surface area contributed by atoms with Crippen LogP contribution in [0.2, 0.25) is 5.02 Å². The number of carbonyl (C=O) groups is 1. The van der Waals surface area contributed by atoms with Gasteiger partial charge in [0.1, 0.15) is 0 Å². The van der Waals surface area contributed by atoms with Crippen molar-refractivity contribution in [2.24, 2.45) is 0 Å². The zero-order chi connectivity index (χ0) is 12.9. The molecule has 2 heteroatoms. The Labute approximate surface area is 111 Å². The molecule has 1 nitrogen and oxygen atoms in total. The molecule has 0 N–H and O–H groups in total. The van der Waals surface area contributed by atoms with Gasteiger partial charge < -0.3 is 0 Å². The van der Waals surface area contributed by atoms with Crippen molar-refractivity contribution >= 4 is 17.4 Å². The third kappa shape index (κ3) is 1.44. The lowest BCUT2D eigenvalue weighted by atomic mass is 9.68. The van der Waals surface area contributed by atoms with Crippen molar-refractivity contribution in [2.45, 2.75) is 19.3 Å². The molecule has 0 heterocycles. The van der Waals surface area contributed by atoms with Crippen LogP contribution in [-0.4, -0.2) is 5.78 Å². The molecular weight excluding hydrogens is 244 g/mol. The number of fused-ring (bicyclic) bond motifs is 2. The van der Waals surface area contributed by atoms with Crippen LogP contribution in [0, 0.1) is 0 Å². The SMILES string of the molecule is CC1(C)c2ccccc2C(=O)c2cc(Cl)ccc21. The van der Waals surface area contributed by atoms with Crippen LogP contribution < -0.4 is 0 Å². The summed E-state index contributed by atoms with van der Waals surface area (Å²) in [7, 11) is 0. The first-order valence-corrected chi connectivity index (χ1v) is 6.34. The molecule has 2 aromatic rings. The Bertz CT molecular complexity index is 656. The Balaban J connectivity index is 2.37. The minimum atomic E-state index is -0.162. The molecule has 0 aromatic heterocycles. The number of halogens is 1. The predicted octanol–water partition coefficient (Wildman–Crippen LogP) is 4.21. The zero-order valence-corrected chi connectivity index (χ0v) is 11.1. The van der Waals surface area contributed by atoms with E-state index in [-0.39, 0.29) is 11.2 Å². The highest BCUT2D eigenvalue weighted by Crippen LogP contribution is 2.41. The van der Waals surface area contributed by atoms with Gasteiger partial charge in [-0.25, -0.2) is 0 Å². The Hall–Kier alpha value is -1.60. The summed E-state index contributed by atoms with van der Waals surface area (Å²) >= 11 is 6.01. The van der Waals surface area contributed by atoms with E-state index >= 15 is 0 Å². The minimum Gasteiger partial charge on any atom is -0.289 e. The van der Waals surface area contributed by atoms with Crippen molar-refractivity contribution in [3.05, 3.63) is 69.7 Å². The number of benzene rings is 2. The second-order valence-corrected chi connectivity index (χ2v) is 5.63. The summed E-state index contributed by atoms with van der Waals surface area (Å²) in [6.07, 6.45) is 0. The fraction of sp³-hybridized carbons (Fsp3) is 0.188.